The van der Waals surface area contributed by atoms with Gasteiger partial charge in [0.25, 0.3) is 0 Å². The second-order valence-electron chi connectivity index (χ2n) is 9.84. The number of carbonyl (C=O) groups is 3. The van der Waals surface area contributed by atoms with Gasteiger partial charge in [-0.25, -0.2) is 0 Å². The van der Waals surface area contributed by atoms with Crippen molar-refractivity contribution >= 4 is 28.6 Å². The number of ether oxygens (including phenoxy) is 1. The van der Waals surface area contributed by atoms with Crippen LogP contribution in [0, 0.1) is 5.92 Å². The Labute approximate surface area is 211 Å². The van der Waals surface area contributed by atoms with Crippen molar-refractivity contribution in [2.75, 3.05) is 7.11 Å². The van der Waals surface area contributed by atoms with E-state index in [2.05, 4.69) is 15.6 Å². The van der Waals surface area contributed by atoms with Gasteiger partial charge < -0.3 is 26.1 Å². The molecule has 0 fully saturated rings. The molecule has 3 aromatic rings. The second-order valence-corrected chi connectivity index (χ2v) is 9.84. The molecule has 0 saturated carbocycles. The number of aryl methyl sites for hydroxylation is 2. The normalized spacial score (nSPS) is 17.9. The Hall–Kier alpha value is -3.81. The van der Waals surface area contributed by atoms with Gasteiger partial charge in [-0.3, -0.25) is 14.4 Å². The summed E-state index contributed by atoms with van der Waals surface area (Å²) >= 11 is 0. The van der Waals surface area contributed by atoms with Crippen molar-refractivity contribution in [3.63, 3.8) is 0 Å². The molecule has 0 bridgehead atoms. The molecule has 36 heavy (non-hydrogen) atoms. The van der Waals surface area contributed by atoms with Gasteiger partial charge in [-0.1, -0.05) is 50.2 Å². The summed E-state index contributed by atoms with van der Waals surface area (Å²) in [6.07, 6.45) is 1.99. The summed E-state index contributed by atoms with van der Waals surface area (Å²) in [5.41, 5.74) is 8.38. The molecule has 8 heteroatoms. The van der Waals surface area contributed by atoms with Crippen molar-refractivity contribution in [2.45, 2.75) is 57.5 Å². The zero-order valence-corrected chi connectivity index (χ0v) is 21.0. The van der Waals surface area contributed by atoms with Gasteiger partial charge in [0.05, 0.1) is 7.11 Å². The van der Waals surface area contributed by atoms with Gasteiger partial charge in [-0.2, -0.15) is 0 Å². The number of methoxy groups -OCH3 is 1. The lowest BCUT2D eigenvalue weighted by Gasteiger charge is -2.38. The molecule has 0 unspecified atom stereocenters. The molecule has 0 aliphatic heterocycles. The monoisotopic (exact) mass is 490 g/mol. The maximum atomic E-state index is 13.8. The molecule has 3 amide bonds. The first kappa shape index (κ1) is 25.3. The molecule has 5 N–H and O–H groups in total. The first-order valence-corrected chi connectivity index (χ1v) is 12.4. The van der Waals surface area contributed by atoms with Gasteiger partial charge in [0.15, 0.2) is 0 Å². The van der Waals surface area contributed by atoms with E-state index in [1.807, 2.05) is 62.4 Å². The fourth-order valence-electron chi connectivity index (χ4n) is 5.09. The number of para-hydroxylation sites is 2. The van der Waals surface area contributed by atoms with Crippen LogP contribution in [0.5, 0.6) is 5.75 Å². The summed E-state index contributed by atoms with van der Waals surface area (Å²) in [6, 6.07) is 14.7. The molecule has 8 nitrogen and oxygen atoms in total. The number of aromatic nitrogens is 1. The molecule has 1 aliphatic rings. The zero-order valence-electron chi connectivity index (χ0n) is 21.0. The minimum absolute atomic E-state index is 0.183. The van der Waals surface area contributed by atoms with Gasteiger partial charge in [0.1, 0.15) is 17.3 Å². The van der Waals surface area contributed by atoms with Crippen molar-refractivity contribution in [1.29, 1.82) is 0 Å². The fraction of sp³-hybridized carbons (Fsp3) is 0.393. The first-order chi connectivity index (χ1) is 17.2. The van der Waals surface area contributed by atoms with Crippen LogP contribution in [0.25, 0.3) is 10.9 Å². The summed E-state index contributed by atoms with van der Waals surface area (Å²) in [4.78, 5) is 42.5. The third-order valence-electron chi connectivity index (χ3n) is 7.07. The van der Waals surface area contributed by atoms with E-state index < -0.39 is 17.5 Å². The molecular formula is C28H34N4O4. The minimum Gasteiger partial charge on any atom is -0.496 e. The Morgan fingerprint density at radius 3 is 2.56 bits per heavy atom. The smallest absolute Gasteiger partial charge is 0.246 e. The number of nitrogens with two attached hydrogens (primary N) is 1. The molecule has 1 aromatic heterocycles. The van der Waals surface area contributed by atoms with E-state index in [1.165, 1.54) is 0 Å². The summed E-state index contributed by atoms with van der Waals surface area (Å²) in [5.74, 6) is -0.683. The van der Waals surface area contributed by atoms with Crippen LogP contribution in [-0.2, 0) is 33.6 Å². The highest BCUT2D eigenvalue weighted by Crippen LogP contribution is 2.34. The Kier molecular flexibility index (Phi) is 7.33. The number of H-pyrrole nitrogens is 1. The minimum atomic E-state index is -1.20. The lowest BCUT2D eigenvalue weighted by Crippen LogP contribution is -2.64. The number of aromatic amines is 1. The van der Waals surface area contributed by atoms with Crippen LogP contribution in [-0.4, -0.2) is 41.4 Å². The average molecular weight is 491 g/mol. The predicted octanol–water partition coefficient (Wildman–Crippen LogP) is 2.78. The Bertz CT molecular complexity index is 1280. The Morgan fingerprint density at radius 1 is 1.11 bits per heavy atom. The largest absolute Gasteiger partial charge is 0.496 e. The third kappa shape index (κ3) is 5.08. The molecule has 1 heterocycles. The van der Waals surface area contributed by atoms with Crippen molar-refractivity contribution in [3.8, 4) is 5.75 Å². The van der Waals surface area contributed by atoms with Crippen LogP contribution in [0.4, 0.5) is 0 Å². The SMILES string of the molecule is COc1ccccc1CCC(=O)N[C@@]1(C(=O)N[C@H](C(N)=O)C(C)C)CCc2[nH]c3ccccc3c2C1. The van der Waals surface area contributed by atoms with Crippen molar-refractivity contribution in [3.05, 3.63) is 65.4 Å². The van der Waals surface area contributed by atoms with Crippen LogP contribution in [0.15, 0.2) is 48.5 Å². The standard InChI is InChI=1S/C28H34N4O4/c1-17(2)25(26(29)34)31-27(35)28(32-24(33)13-12-18-8-4-7-11-23(18)36-3)15-14-22-20(16-28)19-9-5-6-10-21(19)30-22/h4-11,17,25,30H,12-16H2,1-3H3,(H2,29,34)(H,31,35)(H,32,33)/t25-,28-/m0/s1. The number of hydrogen-bond donors (Lipinski definition) is 4. The van der Waals surface area contributed by atoms with Gasteiger partial charge in [-0.05, 0) is 48.4 Å². The number of rotatable bonds is 9. The highest BCUT2D eigenvalue weighted by molar-refractivity contribution is 5.96. The molecule has 0 spiro atoms. The van der Waals surface area contributed by atoms with Crippen molar-refractivity contribution < 1.29 is 19.1 Å². The Morgan fingerprint density at radius 2 is 1.83 bits per heavy atom. The van der Waals surface area contributed by atoms with E-state index in [1.54, 1.807) is 7.11 Å². The number of fused-ring (bicyclic) bond motifs is 3. The van der Waals surface area contributed by atoms with Crippen molar-refractivity contribution in [1.82, 2.24) is 15.6 Å². The van der Waals surface area contributed by atoms with Gasteiger partial charge in [0, 0.05) is 29.4 Å². The number of primary amides is 1. The molecule has 190 valence electrons. The van der Waals surface area contributed by atoms with Crippen LogP contribution in [0.3, 0.4) is 0 Å². The number of amides is 3. The molecule has 4 rings (SSSR count). The van der Waals surface area contributed by atoms with E-state index in [-0.39, 0.29) is 24.2 Å². The maximum Gasteiger partial charge on any atom is 0.246 e. The first-order valence-electron chi connectivity index (χ1n) is 12.4. The number of benzene rings is 2. The lowest BCUT2D eigenvalue weighted by atomic mass is 9.78. The molecule has 2 atom stereocenters. The molecule has 0 saturated heterocycles. The molecule has 2 aromatic carbocycles. The second kappa shape index (κ2) is 10.4. The summed E-state index contributed by atoms with van der Waals surface area (Å²) in [7, 11) is 1.60. The van der Waals surface area contributed by atoms with Crippen LogP contribution in [0.2, 0.25) is 0 Å². The van der Waals surface area contributed by atoms with Crippen molar-refractivity contribution in [2.24, 2.45) is 11.7 Å². The number of carbonyl (C=O) groups excluding carboxylic acids is 3. The quantitative estimate of drug-likeness (QED) is 0.368. The topological polar surface area (TPSA) is 126 Å². The van der Waals surface area contributed by atoms with Crippen LogP contribution >= 0.6 is 0 Å². The summed E-state index contributed by atoms with van der Waals surface area (Å²) in [6.45, 7) is 3.65. The summed E-state index contributed by atoms with van der Waals surface area (Å²) < 4.78 is 5.40. The van der Waals surface area contributed by atoms with E-state index in [0.717, 1.165) is 33.5 Å². The number of hydrogen-bond acceptors (Lipinski definition) is 4. The van der Waals surface area contributed by atoms with E-state index >= 15 is 0 Å². The lowest BCUT2D eigenvalue weighted by molar-refractivity contribution is -0.136. The number of nitrogens with one attached hydrogen (secondary N) is 3. The van der Waals surface area contributed by atoms with Crippen LogP contribution in [0.1, 0.15) is 43.5 Å². The zero-order chi connectivity index (χ0) is 25.9. The average Bonchev–Trinajstić information content (AvgIpc) is 3.23. The van der Waals surface area contributed by atoms with Gasteiger partial charge in [0.2, 0.25) is 17.7 Å². The van der Waals surface area contributed by atoms with E-state index in [0.29, 0.717) is 25.7 Å². The molecule has 1 aliphatic carbocycles. The molecular weight excluding hydrogens is 456 g/mol. The van der Waals surface area contributed by atoms with Gasteiger partial charge >= 0.3 is 0 Å². The van der Waals surface area contributed by atoms with E-state index in [9.17, 15) is 14.4 Å². The predicted molar refractivity (Wildman–Crippen MR) is 138 cm³/mol. The van der Waals surface area contributed by atoms with E-state index in [4.69, 9.17) is 10.5 Å². The Balaban J connectivity index is 1.61. The molecule has 0 radical (unpaired) electrons. The van der Waals surface area contributed by atoms with Gasteiger partial charge in [-0.15, -0.1) is 0 Å². The highest BCUT2D eigenvalue weighted by atomic mass is 16.5. The maximum absolute atomic E-state index is 13.8. The third-order valence-corrected chi connectivity index (χ3v) is 7.07. The fourth-order valence-corrected chi connectivity index (χ4v) is 5.09. The highest BCUT2D eigenvalue weighted by Gasteiger charge is 2.45. The summed E-state index contributed by atoms with van der Waals surface area (Å²) in [5, 5.41) is 6.93. The van der Waals surface area contributed by atoms with Crippen LogP contribution < -0.4 is 21.1 Å².